The van der Waals surface area contributed by atoms with Gasteiger partial charge in [-0.05, 0) is 43.0 Å². The lowest BCUT2D eigenvalue weighted by Gasteiger charge is -2.22. The molecule has 2 aliphatic rings. The molecule has 3 rings (SSSR count). The minimum Gasteiger partial charge on any atom is -0.341 e. The van der Waals surface area contributed by atoms with Gasteiger partial charge in [0, 0.05) is 31.2 Å². The highest BCUT2D eigenvalue weighted by molar-refractivity contribution is 7.89. The number of hydrogen-bond acceptors (Lipinski definition) is 4. The molecule has 0 saturated carbocycles. The molecule has 1 unspecified atom stereocenters. The van der Waals surface area contributed by atoms with E-state index in [1.807, 2.05) is 0 Å². The average molecular weight is 394 g/mol. The van der Waals surface area contributed by atoms with Crippen LogP contribution in [0.15, 0.2) is 29.2 Å². The number of likely N-dealkylation sites (tertiary alicyclic amines) is 1. The summed E-state index contributed by atoms with van der Waals surface area (Å²) in [5, 5.41) is 3.78. The fraction of sp³-hybridized carbons (Fsp3) is 0.533. The van der Waals surface area contributed by atoms with Gasteiger partial charge in [-0.1, -0.05) is 11.6 Å². The lowest BCUT2D eigenvalue weighted by molar-refractivity contribution is -0.131. The molecule has 1 aromatic carbocycles. The zero-order chi connectivity index (χ0) is 16.6. The largest absolute Gasteiger partial charge is 0.341 e. The Hall–Kier alpha value is -0.860. The van der Waals surface area contributed by atoms with Crippen molar-refractivity contribution in [2.24, 2.45) is 11.8 Å². The number of carbonyl (C=O) groups is 1. The van der Waals surface area contributed by atoms with Crippen molar-refractivity contribution in [1.82, 2.24) is 14.9 Å². The molecule has 2 heterocycles. The number of nitrogens with one attached hydrogen (secondary N) is 2. The Kier molecular flexibility index (Phi) is 6.14. The van der Waals surface area contributed by atoms with E-state index in [1.54, 1.807) is 11.8 Å². The predicted molar refractivity (Wildman–Crippen MR) is 94.9 cm³/mol. The van der Waals surface area contributed by atoms with Gasteiger partial charge < -0.3 is 10.2 Å². The van der Waals surface area contributed by atoms with Crippen molar-refractivity contribution < 1.29 is 13.2 Å². The van der Waals surface area contributed by atoms with Crippen LogP contribution in [0.1, 0.15) is 6.92 Å². The molecule has 0 bridgehead atoms. The average Bonchev–Trinajstić information content (AvgIpc) is 3.07. The van der Waals surface area contributed by atoms with Gasteiger partial charge in [0.15, 0.2) is 0 Å². The van der Waals surface area contributed by atoms with Crippen molar-refractivity contribution in [3.63, 3.8) is 0 Å². The second-order valence-electron chi connectivity index (χ2n) is 6.22. The lowest BCUT2D eigenvalue weighted by Crippen LogP contribution is -2.46. The van der Waals surface area contributed by atoms with E-state index in [9.17, 15) is 13.2 Å². The number of amides is 1. The second-order valence-corrected chi connectivity index (χ2v) is 8.37. The molecule has 24 heavy (non-hydrogen) atoms. The van der Waals surface area contributed by atoms with Gasteiger partial charge in [0.25, 0.3) is 0 Å². The minimum absolute atomic E-state index is 0. The molecule has 2 fully saturated rings. The Balaban J connectivity index is 0.00000208. The van der Waals surface area contributed by atoms with E-state index >= 15 is 0 Å². The molecule has 3 atom stereocenters. The Morgan fingerprint density at radius 2 is 1.79 bits per heavy atom. The summed E-state index contributed by atoms with van der Waals surface area (Å²) in [6.45, 7) is 4.84. The van der Waals surface area contributed by atoms with Crippen molar-refractivity contribution in [1.29, 1.82) is 0 Å². The molecule has 6 nitrogen and oxygen atoms in total. The molecular formula is C15H21Cl2N3O3S. The standard InChI is InChI=1S/C15H20ClN3O3S.ClH/c1-10(15(20)19-8-11-6-17-7-12(11)9-19)18-23(21,22)14-4-2-13(16)3-5-14;/h2-5,10-12,17-18H,6-9H2,1H3;1H/t10?,11-,12+;. The lowest BCUT2D eigenvalue weighted by atomic mass is 10.0. The quantitative estimate of drug-likeness (QED) is 0.802. The number of carbonyl (C=O) groups excluding carboxylic acids is 1. The summed E-state index contributed by atoms with van der Waals surface area (Å²) < 4.78 is 27.1. The zero-order valence-electron chi connectivity index (χ0n) is 13.2. The second kappa shape index (κ2) is 7.58. The zero-order valence-corrected chi connectivity index (χ0v) is 15.6. The SMILES string of the molecule is CC(NS(=O)(=O)c1ccc(Cl)cc1)C(=O)N1C[C@H]2CNC[C@H]2C1.Cl. The van der Waals surface area contributed by atoms with Crippen LogP contribution in [0.5, 0.6) is 0 Å². The highest BCUT2D eigenvalue weighted by Crippen LogP contribution is 2.26. The number of halogens is 2. The molecule has 0 spiro atoms. The summed E-state index contributed by atoms with van der Waals surface area (Å²) in [7, 11) is -3.74. The van der Waals surface area contributed by atoms with Crippen LogP contribution in [0.3, 0.4) is 0 Å². The first-order chi connectivity index (χ1) is 10.9. The maximum atomic E-state index is 12.5. The molecule has 0 radical (unpaired) electrons. The van der Waals surface area contributed by atoms with Gasteiger partial charge >= 0.3 is 0 Å². The van der Waals surface area contributed by atoms with Crippen LogP contribution >= 0.6 is 24.0 Å². The smallest absolute Gasteiger partial charge is 0.241 e. The molecule has 2 aliphatic heterocycles. The van der Waals surface area contributed by atoms with Crippen LogP contribution in [-0.4, -0.2) is 51.4 Å². The maximum Gasteiger partial charge on any atom is 0.241 e. The van der Waals surface area contributed by atoms with E-state index in [1.165, 1.54) is 24.3 Å². The third-order valence-corrected chi connectivity index (χ3v) is 6.34. The summed E-state index contributed by atoms with van der Waals surface area (Å²) in [6.07, 6.45) is 0. The van der Waals surface area contributed by atoms with E-state index in [2.05, 4.69) is 10.0 Å². The summed E-state index contributed by atoms with van der Waals surface area (Å²) in [5.41, 5.74) is 0. The highest BCUT2D eigenvalue weighted by atomic mass is 35.5. The van der Waals surface area contributed by atoms with Crippen molar-refractivity contribution in [2.45, 2.75) is 17.9 Å². The summed E-state index contributed by atoms with van der Waals surface area (Å²) in [6, 6.07) is 5.08. The van der Waals surface area contributed by atoms with Crippen LogP contribution in [0.2, 0.25) is 5.02 Å². The molecule has 0 aromatic heterocycles. The van der Waals surface area contributed by atoms with Crippen LogP contribution < -0.4 is 10.0 Å². The molecule has 2 saturated heterocycles. The van der Waals surface area contributed by atoms with Crippen molar-refractivity contribution in [2.75, 3.05) is 26.2 Å². The number of fused-ring (bicyclic) bond motifs is 1. The van der Waals surface area contributed by atoms with E-state index in [4.69, 9.17) is 11.6 Å². The van der Waals surface area contributed by atoms with E-state index < -0.39 is 16.1 Å². The third kappa shape index (κ3) is 4.03. The number of nitrogens with zero attached hydrogens (tertiary/aromatic N) is 1. The van der Waals surface area contributed by atoms with Gasteiger partial charge in [-0.3, -0.25) is 4.79 Å². The van der Waals surface area contributed by atoms with Crippen molar-refractivity contribution in [3.05, 3.63) is 29.3 Å². The fourth-order valence-electron chi connectivity index (χ4n) is 3.27. The number of sulfonamides is 1. The Morgan fingerprint density at radius 3 is 2.33 bits per heavy atom. The molecular weight excluding hydrogens is 373 g/mol. The number of rotatable bonds is 4. The summed E-state index contributed by atoms with van der Waals surface area (Å²) >= 11 is 5.77. The van der Waals surface area contributed by atoms with Gasteiger partial charge in [0.05, 0.1) is 10.9 Å². The molecule has 1 amide bonds. The topological polar surface area (TPSA) is 78.5 Å². The molecule has 9 heteroatoms. The third-order valence-electron chi connectivity index (χ3n) is 4.53. The van der Waals surface area contributed by atoms with Gasteiger partial charge in [0.1, 0.15) is 0 Å². The van der Waals surface area contributed by atoms with E-state index in [0.29, 0.717) is 29.9 Å². The fourth-order valence-corrected chi connectivity index (χ4v) is 4.60. The number of hydrogen-bond donors (Lipinski definition) is 2. The minimum atomic E-state index is -3.74. The van der Waals surface area contributed by atoms with Gasteiger partial charge in [-0.2, -0.15) is 4.72 Å². The predicted octanol–water partition coefficient (Wildman–Crippen LogP) is 1.11. The van der Waals surface area contributed by atoms with E-state index in [-0.39, 0.29) is 23.2 Å². The Morgan fingerprint density at radius 1 is 1.25 bits per heavy atom. The van der Waals surface area contributed by atoms with Gasteiger partial charge in [-0.15, -0.1) is 12.4 Å². The monoisotopic (exact) mass is 393 g/mol. The molecule has 0 aliphatic carbocycles. The highest BCUT2D eigenvalue weighted by Gasteiger charge is 2.39. The van der Waals surface area contributed by atoms with Crippen LogP contribution in [0, 0.1) is 11.8 Å². The van der Waals surface area contributed by atoms with Crippen LogP contribution in [0.25, 0.3) is 0 Å². The number of benzene rings is 1. The van der Waals surface area contributed by atoms with Crippen molar-refractivity contribution in [3.8, 4) is 0 Å². The molecule has 2 N–H and O–H groups in total. The normalized spacial score (nSPS) is 24.3. The van der Waals surface area contributed by atoms with Crippen LogP contribution in [0.4, 0.5) is 0 Å². The first-order valence-corrected chi connectivity index (χ1v) is 9.50. The first kappa shape index (κ1) is 19.5. The summed E-state index contributed by atoms with van der Waals surface area (Å²) in [4.78, 5) is 14.4. The Bertz CT molecular complexity index is 684. The van der Waals surface area contributed by atoms with Crippen molar-refractivity contribution >= 4 is 39.9 Å². The van der Waals surface area contributed by atoms with Gasteiger partial charge in [-0.25, -0.2) is 8.42 Å². The van der Waals surface area contributed by atoms with Gasteiger partial charge in [0.2, 0.25) is 15.9 Å². The maximum absolute atomic E-state index is 12.5. The summed E-state index contributed by atoms with van der Waals surface area (Å²) in [5.74, 6) is 0.801. The van der Waals surface area contributed by atoms with E-state index in [0.717, 1.165) is 13.1 Å². The Labute approximate surface area is 153 Å². The molecule has 134 valence electrons. The molecule has 1 aromatic rings. The first-order valence-electron chi connectivity index (χ1n) is 7.64. The van der Waals surface area contributed by atoms with Crippen LogP contribution in [-0.2, 0) is 14.8 Å².